The van der Waals surface area contributed by atoms with Gasteiger partial charge in [0, 0.05) is 6.26 Å². The number of halogens is 1. The van der Waals surface area contributed by atoms with E-state index in [9.17, 15) is 17.9 Å². The van der Waals surface area contributed by atoms with E-state index in [1.54, 1.807) is 6.92 Å². The number of sulfone groups is 1. The van der Waals surface area contributed by atoms with Gasteiger partial charge in [0.25, 0.3) is 0 Å². The predicted octanol–water partition coefficient (Wildman–Crippen LogP) is 1.68. The van der Waals surface area contributed by atoms with Crippen LogP contribution in [0.1, 0.15) is 25.0 Å². The van der Waals surface area contributed by atoms with Gasteiger partial charge in [-0.2, -0.15) is 0 Å². The Balaban J connectivity index is 3.05. The van der Waals surface area contributed by atoms with Gasteiger partial charge in [-0.1, -0.05) is 19.1 Å². The van der Waals surface area contributed by atoms with Crippen LogP contribution in [0.4, 0.5) is 4.39 Å². The summed E-state index contributed by atoms with van der Waals surface area (Å²) < 4.78 is 35.7. The van der Waals surface area contributed by atoms with Crippen molar-refractivity contribution in [2.24, 2.45) is 0 Å². The number of aliphatic hydroxyl groups is 1. The van der Waals surface area contributed by atoms with Gasteiger partial charge in [-0.3, -0.25) is 0 Å². The molecule has 1 rings (SSSR count). The third-order valence-corrected chi connectivity index (χ3v) is 4.19. The summed E-state index contributed by atoms with van der Waals surface area (Å²) in [7, 11) is -3.35. The average Bonchev–Trinajstić information content (AvgIpc) is 2.16. The van der Waals surface area contributed by atoms with Crippen LogP contribution >= 0.6 is 0 Å². The second-order valence-corrected chi connectivity index (χ2v) is 6.04. The zero-order valence-corrected chi connectivity index (χ0v) is 10.0. The zero-order chi connectivity index (χ0) is 12.3. The summed E-state index contributed by atoms with van der Waals surface area (Å²) in [5.74, 6) is -0.486. The minimum absolute atomic E-state index is 0.288. The number of rotatable bonds is 4. The lowest BCUT2D eigenvalue weighted by molar-refractivity contribution is 0.169. The molecular formula is C11H15FO3S. The van der Waals surface area contributed by atoms with Gasteiger partial charge in [0.15, 0.2) is 9.84 Å². The van der Waals surface area contributed by atoms with Crippen molar-refractivity contribution in [3.63, 3.8) is 0 Å². The van der Waals surface area contributed by atoms with Gasteiger partial charge in [0.1, 0.15) is 5.82 Å². The average molecular weight is 246 g/mol. The lowest BCUT2D eigenvalue weighted by Gasteiger charge is -2.20. The second kappa shape index (κ2) is 4.93. The van der Waals surface area contributed by atoms with E-state index in [1.165, 1.54) is 18.2 Å². The third-order valence-electron chi connectivity index (χ3n) is 2.49. The fourth-order valence-corrected chi connectivity index (χ4v) is 2.90. The van der Waals surface area contributed by atoms with Crippen LogP contribution in [0.15, 0.2) is 24.3 Å². The van der Waals surface area contributed by atoms with Crippen molar-refractivity contribution < 1.29 is 17.9 Å². The molecule has 0 aliphatic heterocycles. The van der Waals surface area contributed by atoms with Gasteiger partial charge in [-0.15, -0.1) is 0 Å². The SMILES string of the molecule is CC[C@H]([C@@H](O)c1cccc(F)c1)S(C)(=O)=O. The molecule has 5 heteroatoms. The molecule has 90 valence electrons. The molecule has 16 heavy (non-hydrogen) atoms. The van der Waals surface area contributed by atoms with Crippen LogP contribution in [0.5, 0.6) is 0 Å². The highest BCUT2D eigenvalue weighted by molar-refractivity contribution is 7.91. The van der Waals surface area contributed by atoms with Crippen LogP contribution in [0.3, 0.4) is 0 Å². The fraction of sp³-hybridized carbons (Fsp3) is 0.455. The van der Waals surface area contributed by atoms with Crippen LogP contribution in [-0.2, 0) is 9.84 Å². The third kappa shape index (κ3) is 3.02. The van der Waals surface area contributed by atoms with Crippen molar-refractivity contribution in [1.29, 1.82) is 0 Å². The van der Waals surface area contributed by atoms with Crippen molar-refractivity contribution in [1.82, 2.24) is 0 Å². The fourth-order valence-electron chi connectivity index (χ4n) is 1.67. The molecule has 0 heterocycles. The molecule has 0 aliphatic carbocycles. The summed E-state index contributed by atoms with van der Waals surface area (Å²) in [5, 5.41) is 9.00. The van der Waals surface area contributed by atoms with Crippen molar-refractivity contribution in [2.45, 2.75) is 24.7 Å². The summed E-state index contributed by atoms with van der Waals surface area (Å²) in [5.41, 5.74) is 0.289. The number of aliphatic hydroxyl groups excluding tert-OH is 1. The number of hydrogen-bond donors (Lipinski definition) is 1. The molecule has 0 unspecified atom stereocenters. The topological polar surface area (TPSA) is 54.4 Å². The Hall–Kier alpha value is -0.940. The van der Waals surface area contributed by atoms with E-state index in [2.05, 4.69) is 0 Å². The standard InChI is InChI=1S/C11H15FO3S/c1-3-10(16(2,14)15)11(13)8-5-4-6-9(12)7-8/h4-7,10-11,13H,3H2,1-2H3/t10-,11+/m1/s1. The molecule has 0 saturated heterocycles. The Bertz CT molecular complexity index is 456. The van der Waals surface area contributed by atoms with E-state index in [-0.39, 0.29) is 12.0 Å². The van der Waals surface area contributed by atoms with Crippen molar-refractivity contribution in [3.05, 3.63) is 35.6 Å². The van der Waals surface area contributed by atoms with E-state index in [0.717, 1.165) is 12.3 Å². The molecular weight excluding hydrogens is 231 g/mol. The van der Waals surface area contributed by atoms with Crippen LogP contribution in [-0.4, -0.2) is 25.0 Å². The Morgan fingerprint density at radius 3 is 2.50 bits per heavy atom. The maximum atomic E-state index is 12.9. The molecule has 0 amide bonds. The first-order chi connectivity index (χ1) is 7.36. The highest BCUT2D eigenvalue weighted by atomic mass is 32.2. The lowest BCUT2D eigenvalue weighted by Crippen LogP contribution is -2.26. The Labute approximate surface area is 94.8 Å². The zero-order valence-electron chi connectivity index (χ0n) is 9.22. The molecule has 2 atom stereocenters. The van der Waals surface area contributed by atoms with E-state index in [0.29, 0.717) is 0 Å². The first-order valence-corrected chi connectivity index (χ1v) is 6.94. The van der Waals surface area contributed by atoms with Gasteiger partial charge < -0.3 is 5.11 Å². The molecule has 0 radical (unpaired) electrons. The van der Waals surface area contributed by atoms with Crippen molar-refractivity contribution >= 4 is 9.84 Å². The Morgan fingerprint density at radius 2 is 2.06 bits per heavy atom. The highest BCUT2D eigenvalue weighted by Gasteiger charge is 2.28. The van der Waals surface area contributed by atoms with Gasteiger partial charge in [-0.05, 0) is 24.1 Å². The van der Waals surface area contributed by atoms with E-state index < -0.39 is 27.0 Å². The predicted molar refractivity (Wildman–Crippen MR) is 60.3 cm³/mol. The summed E-state index contributed by atoms with van der Waals surface area (Å²) in [6.45, 7) is 1.67. The Morgan fingerprint density at radius 1 is 1.44 bits per heavy atom. The summed E-state index contributed by atoms with van der Waals surface area (Å²) in [6, 6.07) is 5.36. The lowest BCUT2D eigenvalue weighted by atomic mass is 10.1. The van der Waals surface area contributed by atoms with Crippen LogP contribution in [0, 0.1) is 5.82 Å². The molecule has 3 nitrogen and oxygen atoms in total. The van der Waals surface area contributed by atoms with Crippen molar-refractivity contribution in [3.8, 4) is 0 Å². The minimum Gasteiger partial charge on any atom is -0.387 e. The maximum absolute atomic E-state index is 12.9. The Kier molecular flexibility index (Phi) is 4.04. The molecule has 0 saturated carbocycles. The largest absolute Gasteiger partial charge is 0.387 e. The normalized spacial score (nSPS) is 15.8. The first-order valence-electron chi connectivity index (χ1n) is 4.98. The van der Waals surface area contributed by atoms with Crippen molar-refractivity contribution in [2.75, 3.05) is 6.26 Å². The van der Waals surface area contributed by atoms with Gasteiger partial charge in [-0.25, -0.2) is 12.8 Å². The number of benzene rings is 1. The molecule has 1 aromatic rings. The van der Waals surface area contributed by atoms with Gasteiger partial charge in [0.2, 0.25) is 0 Å². The second-order valence-electron chi connectivity index (χ2n) is 3.78. The minimum atomic E-state index is -3.35. The highest BCUT2D eigenvalue weighted by Crippen LogP contribution is 2.24. The summed E-state index contributed by atoms with van der Waals surface area (Å²) in [6.07, 6.45) is 0.177. The maximum Gasteiger partial charge on any atom is 0.153 e. The summed E-state index contributed by atoms with van der Waals surface area (Å²) >= 11 is 0. The van der Waals surface area contributed by atoms with E-state index in [1.807, 2.05) is 0 Å². The smallest absolute Gasteiger partial charge is 0.153 e. The first kappa shape index (κ1) is 13.1. The molecule has 0 aliphatic rings. The molecule has 0 aromatic heterocycles. The molecule has 0 fully saturated rings. The quantitative estimate of drug-likeness (QED) is 0.879. The summed E-state index contributed by atoms with van der Waals surface area (Å²) in [4.78, 5) is 0. The number of hydrogen-bond acceptors (Lipinski definition) is 3. The molecule has 1 N–H and O–H groups in total. The molecule has 0 spiro atoms. The van der Waals surface area contributed by atoms with E-state index in [4.69, 9.17) is 0 Å². The molecule has 0 bridgehead atoms. The van der Waals surface area contributed by atoms with Gasteiger partial charge >= 0.3 is 0 Å². The molecule has 1 aromatic carbocycles. The van der Waals surface area contributed by atoms with Crippen LogP contribution in [0.2, 0.25) is 0 Å². The van der Waals surface area contributed by atoms with Gasteiger partial charge in [0.05, 0.1) is 11.4 Å². The van der Waals surface area contributed by atoms with Crippen LogP contribution in [0.25, 0.3) is 0 Å². The van der Waals surface area contributed by atoms with Crippen LogP contribution < -0.4 is 0 Å². The monoisotopic (exact) mass is 246 g/mol. The van der Waals surface area contributed by atoms with E-state index >= 15 is 0 Å².